The summed E-state index contributed by atoms with van der Waals surface area (Å²) < 4.78 is 104. The van der Waals surface area contributed by atoms with Crippen molar-refractivity contribution in [2.24, 2.45) is 0 Å². The maximum atomic E-state index is 9.13. The number of fused-ring (bicyclic) bond motifs is 4. The van der Waals surface area contributed by atoms with E-state index in [0.29, 0.717) is 40.1 Å². The molecule has 7 heteroatoms. The second kappa shape index (κ2) is 19.2. The van der Waals surface area contributed by atoms with E-state index in [1.165, 1.54) is 11.1 Å². The number of nitrogens with zero attached hydrogens (tertiary/aromatic N) is 4. The van der Waals surface area contributed by atoms with E-state index in [4.69, 9.17) is 28.2 Å². The molecule has 0 spiro atoms. The number of hydrogen-bond donors (Lipinski definition) is 0. The summed E-state index contributed by atoms with van der Waals surface area (Å²) in [4.78, 5) is 8.56. The van der Waals surface area contributed by atoms with Gasteiger partial charge in [-0.1, -0.05) is 183 Å². The Kier molecular flexibility index (Phi) is 10.1. The van der Waals surface area contributed by atoms with Crippen LogP contribution in [0.25, 0.3) is 49.9 Å². The van der Waals surface area contributed by atoms with Crippen molar-refractivity contribution in [2.45, 2.75) is 78.6 Å². The Hall–Kier alpha value is -7.40. The third-order valence-electron chi connectivity index (χ3n) is 13.0. The van der Waals surface area contributed by atoms with Crippen LogP contribution in [-0.4, -0.2) is 9.55 Å². The minimum absolute atomic E-state index is 0. The van der Waals surface area contributed by atoms with Gasteiger partial charge in [0.15, 0.2) is 0 Å². The van der Waals surface area contributed by atoms with Crippen LogP contribution in [-0.2, 0) is 37.3 Å². The predicted octanol–water partition coefficient (Wildman–Crippen LogP) is 18.0. The fourth-order valence-corrected chi connectivity index (χ4v) is 9.14. The fraction of sp³-hybridized carbons (Fsp3) is 0.182. The molecule has 6 nitrogen and oxygen atoms in total. The van der Waals surface area contributed by atoms with Crippen LogP contribution in [0.2, 0.25) is 0 Å². The van der Waals surface area contributed by atoms with Crippen LogP contribution < -0.4 is 19.3 Å². The van der Waals surface area contributed by atoms with Gasteiger partial charge >= 0.3 is 0 Å². The Morgan fingerprint density at radius 2 is 1.11 bits per heavy atom. The molecule has 0 saturated carbocycles. The number of benzene rings is 8. The average molecular weight is 1150 g/mol. The van der Waals surface area contributed by atoms with Crippen molar-refractivity contribution in [3.63, 3.8) is 0 Å². The molecule has 0 amide bonds. The van der Waals surface area contributed by atoms with Crippen molar-refractivity contribution in [1.82, 2.24) is 9.55 Å². The first-order valence-electron chi connectivity index (χ1n) is 29.0. The molecule has 8 aromatic carbocycles. The monoisotopic (exact) mass is 1140 g/mol. The van der Waals surface area contributed by atoms with Gasteiger partial charge in [-0.25, -0.2) is 4.98 Å². The standard InChI is InChI=1S/C66H59N4O2.Pt/c1-64(2,3)46-35-47(65(4,5)6)38-52(37-46)72-51-33-34-67-62(42-51)70-58-28-17-16-25-56(58)57-32-31-50(41-61(57)70)71-53-39-48(66(7,8)9)36-49(40-53)68-43-69(60-30-19-18-29-59(60)68)63-54(44-21-12-10-13-22-44)26-20-27-55(63)45-23-14-11-15-24-45;/h10-39,42-43H,1-9H3;/q-3;/i10D,11D,12D,13D,14D,15D,21D,22D,23D,24D;. The number of hydrogen-bond acceptors (Lipinski definition) is 5. The van der Waals surface area contributed by atoms with Gasteiger partial charge in [0.1, 0.15) is 17.3 Å². The van der Waals surface area contributed by atoms with E-state index < -0.39 is 65.8 Å². The molecule has 1 aliphatic heterocycles. The molecule has 0 N–H and O–H groups in total. The van der Waals surface area contributed by atoms with Gasteiger partial charge in [-0.05, 0) is 80.3 Å². The fourth-order valence-electron chi connectivity index (χ4n) is 9.14. The van der Waals surface area contributed by atoms with Crippen molar-refractivity contribution in [3.8, 4) is 51.1 Å². The summed E-state index contributed by atoms with van der Waals surface area (Å²) in [6, 6.07) is 40.5. The molecule has 11 rings (SSSR count). The average Bonchev–Trinajstić information content (AvgIpc) is 2.30. The van der Waals surface area contributed by atoms with Gasteiger partial charge in [-0.3, -0.25) is 0 Å². The SMILES string of the molecule is [2H]c1c([2H])c([2H])c(-c2cccc(-c3c([2H])c([2H])c([2H])c([2H])c3[2H])c2N2[CH-]N(c3[c-]c(Oc4[c-]c5c(cc4)c4ccccc4n5-c4cc(Oc5cc(C(C)(C)C)cc(C(C)(C)C)c5)ccn4)cc(C(C)(C)C)c3)c3ccccc32)c([2H])c1[2H].[Pt]. The zero-order chi connectivity index (χ0) is 58.6. The molecule has 10 aromatic rings. The molecule has 0 bridgehead atoms. The van der Waals surface area contributed by atoms with Gasteiger partial charge < -0.3 is 23.8 Å². The molecule has 0 aliphatic carbocycles. The number of ether oxygens (including phenoxy) is 2. The van der Waals surface area contributed by atoms with Crippen molar-refractivity contribution < 1.29 is 44.2 Å². The molecule has 368 valence electrons. The minimum atomic E-state index is -0.570. The summed E-state index contributed by atoms with van der Waals surface area (Å²) in [6.07, 6.45) is 1.75. The molecule has 2 aromatic heterocycles. The molecule has 0 atom stereocenters. The van der Waals surface area contributed by atoms with E-state index >= 15 is 0 Å². The Morgan fingerprint density at radius 1 is 0.521 bits per heavy atom. The predicted molar refractivity (Wildman–Crippen MR) is 298 cm³/mol. The number of anilines is 4. The van der Waals surface area contributed by atoms with Gasteiger partial charge in [0.05, 0.1) is 13.7 Å². The molecule has 3 heterocycles. The first-order chi connectivity index (χ1) is 38.7. The number of pyridine rings is 1. The number of para-hydroxylation sites is 4. The summed E-state index contributed by atoms with van der Waals surface area (Å²) in [5, 5.41) is 1.94. The maximum absolute atomic E-state index is 9.13. The second-order valence-corrected chi connectivity index (χ2v) is 21.2. The summed E-state index contributed by atoms with van der Waals surface area (Å²) in [7, 11) is 0. The van der Waals surface area contributed by atoms with E-state index in [9.17, 15) is 0 Å². The van der Waals surface area contributed by atoms with Gasteiger partial charge in [-0.2, -0.15) is 6.07 Å². The summed E-state index contributed by atoms with van der Waals surface area (Å²) in [5.41, 5.74) is 6.38. The van der Waals surface area contributed by atoms with Crippen LogP contribution >= 0.6 is 0 Å². The van der Waals surface area contributed by atoms with E-state index in [0.717, 1.165) is 33.1 Å². The normalized spacial score (nSPS) is 14.7. The third kappa shape index (κ3) is 9.69. The van der Waals surface area contributed by atoms with E-state index in [1.807, 2.05) is 77.7 Å². The van der Waals surface area contributed by atoms with Crippen molar-refractivity contribution in [1.29, 1.82) is 0 Å². The molecule has 0 radical (unpaired) electrons. The van der Waals surface area contributed by atoms with E-state index in [1.54, 1.807) is 36.0 Å². The second-order valence-electron chi connectivity index (χ2n) is 21.2. The first-order valence-corrected chi connectivity index (χ1v) is 24.0. The summed E-state index contributed by atoms with van der Waals surface area (Å²) >= 11 is 0. The maximum Gasteiger partial charge on any atom is 0.139 e. The molecule has 0 fully saturated rings. The van der Waals surface area contributed by atoms with Crippen LogP contribution in [0.3, 0.4) is 0 Å². The topological polar surface area (TPSA) is 42.8 Å². The van der Waals surface area contributed by atoms with Crippen molar-refractivity contribution in [2.75, 3.05) is 9.80 Å². The van der Waals surface area contributed by atoms with E-state index in [2.05, 4.69) is 109 Å². The van der Waals surface area contributed by atoms with Crippen LogP contribution in [0.15, 0.2) is 188 Å². The molecule has 0 unspecified atom stereocenters. The minimum Gasteiger partial charge on any atom is -0.509 e. The van der Waals surface area contributed by atoms with Crippen LogP contribution in [0.4, 0.5) is 22.7 Å². The zero-order valence-electron chi connectivity index (χ0n) is 52.1. The van der Waals surface area contributed by atoms with Gasteiger partial charge in [-0.15, -0.1) is 53.6 Å². The Bertz CT molecular complexity index is 4080. The Balaban J connectivity index is 0.00000769. The number of aromatic nitrogens is 2. The number of rotatable bonds is 9. The summed E-state index contributed by atoms with van der Waals surface area (Å²) in [5.74, 6) is 2.78. The van der Waals surface area contributed by atoms with Crippen molar-refractivity contribution >= 4 is 44.6 Å². The van der Waals surface area contributed by atoms with Gasteiger partial charge in [0.25, 0.3) is 0 Å². The van der Waals surface area contributed by atoms with Crippen LogP contribution in [0, 0.1) is 18.8 Å². The molecule has 73 heavy (non-hydrogen) atoms. The largest absolute Gasteiger partial charge is 0.509 e. The van der Waals surface area contributed by atoms with Crippen LogP contribution in [0.1, 0.15) is 92.7 Å². The molecular formula is C66H59N4O2Pt-3. The molecule has 1 aliphatic rings. The smallest absolute Gasteiger partial charge is 0.139 e. The molecule has 0 saturated heterocycles. The zero-order valence-corrected chi connectivity index (χ0v) is 44.4. The third-order valence-corrected chi connectivity index (χ3v) is 13.0. The Morgan fingerprint density at radius 3 is 1.74 bits per heavy atom. The first kappa shape index (κ1) is 38.2. The quantitative estimate of drug-likeness (QED) is 0.135. The molecular weight excluding hydrogens is 1080 g/mol. The van der Waals surface area contributed by atoms with Crippen LogP contribution in [0.5, 0.6) is 23.0 Å². The summed E-state index contributed by atoms with van der Waals surface area (Å²) in [6.45, 7) is 21.3. The Labute approximate surface area is 459 Å². The van der Waals surface area contributed by atoms with Gasteiger partial charge in [0.2, 0.25) is 0 Å². The van der Waals surface area contributed by atoms with E-state index in [-0.39, 0.29) is 59.8 Å². The van der Waals surface area contributed by atoms with Gasteiger partial charge in [0, 0.05) is 78.5 Å². The van der Waals surface area contributed by atoms with Crippen molar-refractivity contribution in [3.05, 3.63) is 223 Å².